The second-order valence-corrected chi connectivity index (χ2v) is 5.97. The van der Waals surface area contributed by atoms with Gasteiger partial charge in [0.05, 0.1) is 13.2 Å². The summed E-state index contributed by atoms with van der Waals surface area (Å²) in [5.74, 6) is 0.653. The van der Waals surface area contributed by atoms with Gasteiger partial charge in [-0.2, -0.15) is 4.98 Å². The lowest BCUT2D eigenvalue weighted by Gasteiger charge is -2.27. The number of morpholine rings is 1. The number of amides is 1. The smallest absolute Gasteiger partial charge is 0.316 e. The molecule has 0 bridgehead atoms. The summed E-state index contributed by atoms with van der Waals surface area (Å²) in [4.78, 5) is 26.9. The monoisotopic (exact) mass is 366 g/mol. The van der Waals surface area contributed by atoms with Crippen LogP contribution in [-0.2, 0) is 11.3 Å². The van der Waals surface area contributed by atoms with Crippen molar-refractivity contribution in [1.82, 2.24) is 25.4 Å². The van der Waals surface area contributed by atoms with Crippen molar-refractivity contribution in [1.29, 1.82) is 0 Å². The highest BCUT2D eigenvalue weighted by Gasteiger charge is 2.18. The standard InChI is InChI=1S/C18H18N6O3/c25-17(21-12-13-2-1-4-19-11-13)18-22-16(23-27-18)14-3-5-20-15(10-14)24-6-8-26-9-7-24/h1-5,10-11H,6-9,12H2,(H,21,25). The number of carbonyl (C=O) groups is 1. The molecule has 4 rings (SSSR count). The highest BCUT2D eigenvalue weighted by Crippen LogP contribution is 2.21. The van der Waals surface area contributed by atoms with Crippen LogP contribution in [0.2, 0.25) is 0 Å². The lowest BCUT2D eigenvalue weighted by Crippen LogP contribution is -2.36. The molecular formula is C18H18N6O3. The number of nitrogens with zero attached hydrogens (tertiary/aromatic N) is 5. The largest absolute Gasteiger partial charge is 0.378 e. The predicted molar refractivity (Wildman–Crippen MR) is 96.0 cm³/mol. The molecule has 9 nitrogen and oxygen atoms in total. The van der Waals surface area contributed by atoms with Crippen LogP contribution in [0, 0.1) is 0 Å². The van der Waals surface area contributed by atoms with Crippen LogP contribution in [0.25, 0.3) is 11.4 Å². The maximum absolute atomic E-state index is 12.2. The van der Waals surface area contributed by atoms with Crippen LogP contribution >= 0.6 is 0 Å². The van der Waals surface area contributed by atoms with Crippen LogP contribution < -0.4 is 10.2 Å². The molecule has 3 aromatic heterocycles. The van der Waals surface area contributed by atoms with Gasteiger partial charge in [-0.3, -0.25) is 9.78 Å². The molecule has 0 radical (unpaired) electrons. The number of ether oxygens (including phenoxy) is 1. The maximum Gasteiger partial charge on any atom is 0.316 e. The lowest BCUT2D eigenvalue weighted by atomic mass is 10.2. The summed E-state index contributed by atoms with van der Waals surface area (Å²) in [6, 6.07) is 7.35. The summed E-state index contributed by atoms with van der Waals surface area (Å²) in [5.41, 5.74) is 1.62. The van der Waals surface area contributed by atoms with Crippen molar-refractivity contribution in [3.63, 3.8) is 0 Å². The Kier molecular flexibility index (Phi) is 5.01. The van der Waals surface area contributed by atoms with Crippen LogP contribution in [0.5, 0.6) is 0 Å². The Morgan fingerprint density at radius 1 is 1.22 bits per heavy atom. The maximum atomic E-state index is 12.2. The molecule has 1 fully saturated rings. The van der Waals surface area contributed by atoms with E-state index in [2.05, 4.69) is 30.3 Å². The minimum Gasteiger partial charge on any atom is -0.378 e. The Labute approximate surface area is 155 Å². The second kappa shape index (κ2) is 7.92. The van der Waals surface area contributed by atoms with E-state index in [9.17, 15) is 4.79 Å². The first-order valence-electron chi connectivity index (χ1n) is 8.59. The average molecular weight is 366 g/mol. The molecule has 9 heteroatoms. The fraction of sp³-hybridized carbons (Fsp3) is 0.278. The van der Waals surface area contributed by atoms with Gasteiger partial charge in [0, 0.05) is 43.8 Å². The molecular weight excluding hydrogens is 348 g/mol. The van der Waals surface area contributed by atoms with Gasteiger partial charge < -0.3 is 19.5 Å². The summed E-state index contributed by atoms with van der Waals surface area (Å²) < 4.78 is 10.5. The highest BCUT2D eigenvalue weighted by atomic mass is 16.5. The third-order valence-corrected chi connectivity index (χ3v) is 4.13. The minimum atomic E-state index is -0.430. The minimum absolute atomic E-state index is 0.0846. The third kappa shape index (κ3) is 4.09. The fourth-order valence-electron chi connectivity index (χ4n) is 2.72. The van der Waals surface area contributed by atoms with E-state index < -0.39 is 5.91 Å². The molecule has 4 heterocycles. The Morgan fingerprint density at radius 2 is 2.11 bits per heavy atom. The lowest BCUT2D eigenvalue weighted by molar-refractivity contribution is 0.0907. The Hall–Kier alpha value is -3.33. The second-order valence-electron chi connectivity index (χ2n) is 5.97. The van der Waals surface area contributed by atoms with E-state index >= 15 is 0 Å². The molecule has 138 valence electrons. The normalized spacial score (nSPS) is 14.1. The molecule has 0 saturated carbocycles. The number of anilines is 1. The van der Waals surface area contributed by atoms with Gasteiger partial charge in [0.2, 0.25) is 5.82 Å². The average Bonchev–Trinajstić information content (AvgIpc) is 3.24. The number of nitrogens with one attached hydrogen (secondary N) is 1. The number of carbonyl (C=O) groups excluding carboxylic acids is 1. The van der Waals surface area contributed by atoms with Crippen LogP contribution in [0.15, 0.2) is 47.4 Å². The van der Waals surface area contributed by atoms with E-state index in [1.807, 2.05) is 18.2 Å². The molecule has 0 spiro atoms. The number of hydrogen-bond acceptors (Lipinski definition) is 8. The van der Waals surface area contributed by atoms with E-state index in [0.717, 1.165) is 30.0 Å². The molecule has 1 aliphatic rings. The van der Waals surface area contributed by atoms with Gasteiger partial charge in [-0.1, -0.05) is 11.2 Å². The zero-order chi connectivity index (χ0) is 18.5. The first-order valence-corrected chi connectivity index (χ1v) is 8.59. The summed E-state index contributed by atoms with van der Waals surface area (Å²) in [5, 5.41) is 6.65. The Morgan fingerprint density at radius 3 is 2.93 bits per heavy atom. The molecule has 1 amide bonds. The number of rotatable bonds is 5. The van der Waals surface area contributed by atoms with Gasteiger partial charge in [-0.05, 0) is 23.8 Å². The van der Waals surface area contributed by atoms with E-state index in [4.69, 9.17) is 9.26 Å². The molecule has 1 N–H and O–H groups in total. The van der Waals surface area contributed by atoms with E-state index in [1.165, 1.54) is 0 Å². The Bertz CT molecular complexity index is 908. The topological polar surface area (TPSA) is 106 Å². The number of aromatic nitrogens is 4. The van der Waals surface area contributed by atoms with Crippen molar-refractivity contribution in [2.24, 2.45) is 0 Å². The molecule has 1 aliphatic heterocycles. The molecule has 0 atom stereocenters. The molecule has 1 saturated heterocycles. The van der Waals surface area contributed by atoms with Gasteiger partial charge in [-0.25, -0.2) is 4.98 Å². The van der Waals surface area contributed by atoms with Crippen LogP contribution in [0.1, 0.15) is 16.2 Å². The third-order valence-electron chi connectivity index (χ3n) is 4.13. The van der Waals surface area contributed by atoms with Gasteiger partial charge in [0.15, 0.2) is 0 Å². The van der Waals surface area contributed by atoms with Gasteiger partial charge in [0.1, 0.15) is 5.82 Å². The highest BCUT2D eigenvalue weighted by molar-refractivity contribution is 5.89. The van der Waals surface area contributed by atoms with Crippen LogP contribution in [0.3, 0.4) is 0 Å². The molecule has 27 heavy (non-hydrogen) atoms. The van der Waals surface area contributed by atoms with Crippen molar-refractivity contribution in [2.75, 3.05) is 31.2 Å². The summed E-state index contributed by atoms with van der Waals surface area (Å²) in [6.45, 7) is 3.25. The molecule has 0 unspecified atom stereocenters. The van der Waals surface area contributed by atoms with Crippen LogP contribution in [0.4, 0.5) is 5.82 Å². The van der Waals surface area contributed by atoms with Crippen molar-refractivity contribution < 1.29 is 14.1 Å². The Balaban J connectivity index is 1.45. The van der Waals surface area contributed by atoms with E-state index in [-0.39, 0.29) is 5.89 Å². The van der Waals surface area contributed by atoms with E-state index in [1.54, 1.807) is 24.7 Å². The predicted octanol–water partition coefficient (Wildman–Crippen LogP) is 1.29. The molecule has 0 aromatic carbocycles. The van der Waals surface area contributed by atoms with Crippen molar-refractivity contribution in [3.05, 3.63) is 54.3 Å². The van der Waals surface area contributed by atoms with Crippen molar-refractivity contribution in [2.45, 2.75) is 6.54 Å². The van der Waals surface area contributed by atoms with Gasteiger partial charge >= 0.3 is 11.8 Å². The van der Waals surface area contributed by atoms with E-state index in [0.29, 0.717) is 25.6 Å². The number of hydrogen-bond donors (Lipinski definition) is 1. The van der Waals surface area contributed by atoms with Crippen molar-refractivity contribution in [3.8, 4) is 11.4 Å². The summed E-state index contributed by atoms with van der Waals surface area (Å²) in [7, 11) is 0. The zero-order valence-corrected chi connectivity index (χ0v) is 14.5. The summed E-state index contributed by atoms with van der Waals surface area (Å²) in [6.07, 6.45) is 5.05. The number of pyridine rings is 2. The quantitative estimate of drug-likeness (QED) is 0.720. The SMILES string of the molecule is O=C(NCc1cccnc1)c1nc(-c2ccnc(N3CCOCC3)c2)no1. The van der Waals surface area contributed by atoms with Crippen LogP contribution in [-0.4, -0.2) is 52.3 Å². The first-order chi connectivity index (χ1) is 13.3. The van der Waals surface area contributed by atoms with Gasteiger partial charge in [-0.15, -0.1) is 0 Å². The molecule has 3 aromatic rings. The molecule has 0 aliphatic carbocycles. The zero-order valence-electron chi connectivity index (χ0n) is 14.5. The van der Waals surface area contributed by atoms with Gasteiger partial charge in [0.25, 0.3) is 0 Å². The first kappa shape index (κ1) is 17.1. The fourth-order valence-corrected chi connectivity index (χ4v) is 2.72. The van der Waals surface area contributed by atoms with Crippen molar-refractivity contribution >= 4 is 11.7 Å². The summed E-state index contributed by atoms with van der Waals surface area (Å²) >= 11 is 0.